The average Bonchev–Trinajstić information content (AvgIpc) is 2.73. The first-order chi connectivity index (χ1) is 13.8. The van der Waals surface area contributed by atoms with E-state index in [1.807, 2.05) is 0 Å². The van der Waals surface area contributed by atoms with Crippen molar-refractivity contribution < 1.29 is 5.11 Å². The molecule has 0 radical (unpaired) electrons. The first-order valence-corrected chi connectivity index (χ1v) is 11.6. The fourth-order valence-corrected chi connectivity index (χ4v) is 4.06. The lowest BCUT2D eigenvalue weighted by Gasteiger charge is -2.23. The Hall–Kier alpha value is -1.38. The van der Waals surface area contributed by atoms with E-state index in [2.05, 4.69) is 61.2 Å². The van der Waals surface area contributed by atoms with Gasteiger partial charge >= 0.3 is 0 Å². The van der Waals surface area contributed by atoms with Gasteiger partial charge in [0.2, 0.25) is 0 Å². The Morgan fingerprint density at radius 1 is 0.714 bits per heavy atom. The third-order valence-electron chi connectivity index (χ3n) is 5.79. The Labute approximate surface area is 173 Å². The normalized spacial score (nSPS) is 12.7. The molecule has 1 atom stereocenters. The van der Waals surface area contributed by atoms with Crippen molar-refractivity contribution in [3.05, 3.63) is 48.0 Å². The largest absolute Gasteiger partial charge is 0.388 e. The summed E-state index contributed by atoms with van der Waals surface area (Å²) in [4.78, 5) is 2.64. The van der Waals surface area contributed by atoms with Crippen LogP contribution in [0.1, 0.15) is 89.7 Å². The van der Waals surface area contributed by atoms with Gasteiger partial charge in [-0.25, -0.2) is 0 Å². The second kappa shape index (κ2) is 13.7. The first-order valence-electron chi connectivity index (χ1n) is 11.6. The van der Waals surface area contributed by atoms with E-state index in [1.54, 1.807) is 0 Å². The molecule has 1 N–H and O–H groups in total. The Balaban J connectivity index is 1.82. The van der Waals surface area contributed by atoms with Crippen LogP contribution >= 0.6 is 0 Å². The van der Waals surface area contributed by atoms with Crippen molar-refractivity contribution in [1.82, 2.24) is 4.90 Å². The molecule has 0 aromatic heterocycles. The molecule has 0 spiro atoms. The van der Waals surface area contributed by atoms with E-state index in [-0.39, 0.29) is 6.10 Å². The molecule has 28 heavy (non-hydrogen) atoms. The highest BCUT2D eigenvalue weighted by atomic mass is 16.3. The number of aliphatic hydroxyl groups is 1. The van der Waals surface area contributed by atoms with E-state index < -0.39 is 0 Å². The second-order valence-electron chi connectivity index (χ2n) is 8.19. The maximum atomic E-state index is 10.8. The Bertz CT molecular complexity index is 636. The van der Waals surface area contributed by atoms with Crippen molar-refractivity contribution >= 4 is 10.8 Å². The molecular formula is C26H41NO. The molecule has 2 aromatic rings. The Kier molecular flexibility index (Phi) is 11.2. The summed E-state index contributed by atoms with van der Waals surface area (Å²) in [6.45, 7) is 8.10. The summed E-state index contributed by atoms with van der Waals surface area (Å²) in [6, 6.07) is 14.6. The lowest BCUT2D eigenvalue weighted by atomic mass is 9.98. The molecule has 0 fully saturated rings. The predicted molar refractivity (Wildman–Crippen MR) is 123 cm³/mol. The van der Waals surface area contributed by atoms with Gasteiger partial charge in [0.05, 0.1) is 6.10 Å². The molecule has 0 aliphatic heterocycles. The van der Waals surface area contributed by atoms with Crippen LogP contribution < -0.4 is 0 Å². The number of rotatable bonds is 15. The van der Waals surface area contributed by atoms with Crippen LogP contribution in [-0.2, 0) is 0 Å². The van der Waals surface area contributed by atoms with Crippen LogP contribution in [0.25, 0.3) is 10.8 Å². The smallest absolute Gasteiger partial charge is 0.0796 e. The van der Waals surface area contributed by atoms with Gasteiger partial charge in [-0.2, -0.15) is 0 Å². The van der Waals surface area contributed by atoms with E-state index in [9.17, 15) is 5.11 Å². The summed E-state index contributed by atoms with van der Waals surface area (Å²) in [6.07, 6.45) is 12.2. The van der Waals surface area contributed by atoms with Crippen LogP contribution in [0.5, 0.6) is 0 Å². The van der Waals surface area contributed by atoms with Crippen molar-refractivity contribution in [1.29, 1.82) is 0 Å². The minimum absolute atomic E-state index is 0.367. The third-order valence-corrected chi connectivity index (χ3v) is 5.79. The fourth-order valence-electron chi connectivity index (χ4n) is 4.06. The number of fused-ring (bicyclic) bond motifs is 1. The molecule has 2 rings (SSSR count). The molecule has 0 heterocycles. The molecule has 0 amide bonds. The van der Waals surface area contributed by atoms with Crippen LogP contribution in [0.2, 0.25) is 0 Å². The molecule has 0 saturated carbocycles. The molecule has 2 heteroatoms. The maximum Gasteiger partial charge on any atom is 0.0796 e. The van der Waals surface area contributed by atoms with Crippen LogP contribution in [0.15, 0.2) is 42.5 Å². The molecule has 2 aromatic carbocycles. The summed E-state index contributed by atoms with van der Waals surface area (Å²) >= 11 is 0. The Morgan fingerprint density at radius 2 is 1.32 bits per heavy atom. The van der Waals surface area contributed by atoms with E-state index >= 15 is 0 Å². The lowest BCUT2D eigenvalue weighted by Crippen LogP contribution is -2.27. The van der Waals surface area contributed by atoms with E-state index in [0.29, 0.717) is 0 Å². The van der Waals surface area contributed by atoms with Gasteiger partial charge in [0, 0.05) is 0 Å². The number of hydrogen-bond acceptors (Lipinski definition) is 2. The van der Waals surface area contributed by atoms with Gasteiger partial charge in [0.25, 0.3) is 0 Å². The minimum atomic E-state index is -0.367. The van der Waals surface area contributed by atoms with Gasteiger partial charge in [0.15, 0.2) is 0 Å². The summed E-state index contributed by atoms with van der Waals surface area (Å²) in [5.41, 5.74) is 1.08. The third kappa shape index (κ3) is 7.93. The van der Waals surface area contributed by atoms with Crippen LogP contribution in [0.4, 0.5) is 0 Å². The monoisotopic (exact) mass is 383 g/mol. The standard InChI is InChI=1S/C26H41NO/c1-3-5-7-11-20-27(21-12-8-6-4-2)22-14-19-26(28)25-18-13-16-23-15-9-10-17-24(23)25/h9-10,13,15-18,26,28H,3-8,11-12,14,19-22H2,1-2H3. The summed E-state index contributed by atoms with van der Waals surface area (Å²) in [7, 11) is 0. The first kappa shape index (κ1) is 22.9. The number of aliphatic hydroxyl groups excluding tert-OH is 1. The van der Waals surface area contributed by atoms with Crippen LogP contribution in [-0.4, -0.2) is 29.6 Å². The van der Waals surface area contributed by atoms with Gasteiger partial charge in [-0.15, -0.1) is 0 Å². The topological polar surface area (TPSA) is 23.5 Å². The van der Waals surface area contributed by atoms with E-state index in [1.165, 1.54) is 75.2 Å². The molecular weight excluding hydrogens is 342 g/mol. The summed E-state index contributed by atoms with van der Waals surface area (Å²) in [5.74, 6) is 0. The zero-order valence-corrected chi connectivity index (χ0v) is 18.2. The minimum Gasteiger partial charge on any atom is -0.388 e. The second-order valence-corrected chi connectivity index (χ2v) is 8.19. The molecule has 2 nitrogen and oxygen atoms in total. The fraction of sp³-hybridized carbons (Fsp3) is 0.615. The SMILES string of the molecule is CCCCCCN(CCCCCC)CCCC(O)c1cccc2ccccc12. The van der Waals surface area contributed by atoms with Gasteiger partial charge < -0.3 is 10.0 Å². The summed E-state index contributed by atoms with van der Waals surface area (Å²) < 4.78 is 0. The van der Waals surface area contributed by atoms with E-state index in [4.69, 9.17) is 0 Å². The number of hydrogen-bond donors (Lipinski definition) is 1. The highest BCUT2D eigenvalue weighted by Crippen LogP contribution is 2.27. The zero-order valence-electron chi connectivity index (χ0n) is 18.2. The molecule has 0 saturated heterocycles. The molecule has 156 valence electrons. The highest BCUT2D eigenvalue weighted by molar-refractivity contribution is 5.85. The maximum absolute atomic E-state index is 10.8. The average molecular weight is 384 g/mol. The molecule has 0 bridgehead atoms. The number of nitrogens with zero attached hydrogens (tertiary/aromatic N) is 1. The molecule has 0 aliphatic carbocycles. The van der Waals surface area contributed by atoms with Gasteiger partial charge in [-0.1, -0.05) is 94.8 Å². The van der Waals surface area contributed by atoms with Gasteiger partial charge in [0.1, 0.15) is 0 Å². The van der Waals surface area contributed by atoms with Crippen molar-refractivity contribution in [2.45, 2.75) is 84.2 Å². The van der Waals surface area contributed by atoms with E-state index in [0.717, 1.165) is 24.9 Å². The quantitative estimate of drug-likeness (QED) is 0.331. The predicted octanol–water partition coefficient (Wildman–Crippen LogP) is 7.12. The highest BCUT2D eigenvalue weighted by Gasteiger charge is 2.12. The van der Waals surface area contributed by atoms with Crippen molar-refractivity contribution in [3.63, 3.8) is 0 Å². The van der Waals surface area contributed by atoms with Crippen molar-refractivity contribution in [2.75, 3.05) is 19.6 Å². The molecule has 0 aliphatic rings. The van der Waals surface area contributed by atoms with Crippen molar-refractivity contribution in [2.24, 2.45) is 0 Å². The van der Waals surface area contributed by atoms with Gasteiger partial charge in [-0.05, 0) is 61.7 Å². The van der Waals surface area contributed by atoms with Crippen LogP contribution in [0.3, 0.4) is 0 Å². The zero-order chi connectivity index (χ0) is 20.0. The summed E-state index contributed by atoms with van der Waals surface area (Å²) in [5, 5.41) is 13.2. The van der Waals surface area contributed by atoms with Gasteiger partial charge in [-0.3, -0.25) is 0 Å². The number of unbranched alkanes of at least 4 members (excludes halogenated alkanes) is 6. The number of benzene rings is 2. The van der Waals surface area contributed by atoms with Crippen LogP contribution in [0, 0.1) is 0 Å². The molecule has 1 unspecified atom stereocenters. The lowest BCUT2D eigenvalue weighted by molar-refractivity contribution is 0.155. The Morgan fingerprint density at radius 3 is 2.00 bits per heavy atom. The van der Waals surface area contributed by atoms with Crippen molar-refractivity contribution in [3.8, 4) is 0 Å².